The molecule has 0 aromatic carbocycles. The zero-order chi connectivity index (χ0) is 11.4. The smallest absolute Gasteiger partial charge is 0.240 e. The van der Waals surface area contributed by atoms with Crippen molar-refractivity contribution in [2.24, 2.45) is 0 Å². The van der Waals surface area contributed by atoms with E-state index in [1.807, 2.05) is 17.5 Å². The first kappa shape index (κ1) is 11.2. The number of halogens is 1. The third-order valence-corrected chi connectivity index (χ3v) is 3.09. The Labute approximate surface area is 102 Å². The normalized spacial score (nSPS) is 10.3. The molecule has 0 atom stereocenters. The number of carbonyl (C=O) groups excluding carboxylic acids is 1. The van der Waals surface area contributed by atoms with Crippen LogP contribution in [0.5, 0.6) is 0 Å². The summed E-state index contributed by atoms with van der Waals surface area (Å²) in [5, 5.41) is 8.84. The molecular weight excluding hydrogens is 246 g/mol. The molecule has 0 saturated heterocycles. The van der Waals surface area contributed by atoms with Crippen molar-refractivity contribution in [3.63, 3.8) is 0 Å². The maximum atomic E-state index is 11.2. The largest absolute Gasteiger partial charge is 0.310 e. The van der Waals surface area contributed by atoms with Crippen molar-refractivity contribution in [2.75, 3.05) is 11.2 Å². The van der Waals surface area contributed by atoms with Crippen LogP contribution in [-0.4, -0.2) is 21.6 Å². The van der Waals surface area contributed by atoms with Crippen molar-refractivity contribution in [2.45, 2.75) is 6.54 Å². The number of rotatable bonds is 4. The Balaban J connectivity index is 2.10. The maximum absolute atomic E-state index is 11.2. The topological polar surface area (TPSA) is 46.9 Å². The van der Waals surface area contributed by atoms with Crippen LogP contribution in [0.4, 0.5) is 5.82 Å². The van der Waals surface area contributed by atoms with Gasteiger partial charge in [0.25, 0.3) is 0 Å². The first-order valence-corrected chi connectivity index (χ1v) is 6.11. The Kier molecular flexibility index (Phi) is 3.58. The summed E-state index contributed by atoms with van der Waals surface area (Å²) >= 11 is 7.08. The average Bonchev–Trinajstić information content (AvgIpc) is 2.92. The molecule has 0 radical (unpaired) electrons. The van der Waals surface area contributed by atoms with Gasteiger partial charge in [0.2, 0.25) is 5.91 Å². The fourth-order valence-corrected chi connectivity index (χ4v) is 2.04. The second-order valence-electron chi connectivity index (χ2n) is 3.14. The number of hydrogen-bond acceptors (Lipinski definition) is 3. The van der Waals surface area contributed by atoms with Crippen LogP contribution in [0.2, 0.25) is 0 Å². The molecular formula is C10H10ClN3OS. The van der Waals surface area contributed by atoms with E-state index in [1.165, 1.54) is 4.88 Å². The van der Waals surface area contributed by atoms with Gasteiger partial charge in [-0.2, -0.15) is 5.10 Å². The first-order valence-electron chi connectivity index (χ1n) is 4.69. The van der Waals surface area contributed by atoms with E-state index in [0.717, 1.165) is 0 Å². The maximum Gasteiger partial charge on any atom is 0.240 e. The fourth-order valence-electron chi connectivity index (χ4n) is 1.29. The van der Waals surface area contributed by atoms with Crippen LogP contribution >= 0.6 is 22.9 Å². The minimum atomic E-state index is -0.227. The molecule has 0 aliphatic carbocycles. The highest BCUT2D eigenvalue weighted by Crippen LogP contribution is 2.14. The Bertz CT molecular complexity index is 466. The number of anilines is 1. The molecule has 0 aliphatic heterocycles. The summed E-state index contributed by atoms with van der Waals surface area (Å²) in [5.74, 6) is 0.387. The number of alkyl halides is 1. The molecule has 1 amide bonds. The number of carbonyl (C=O) groups is 1. The number of nitrogens with zero attached hydrogens (tertiary/aromatic N) is 2. The average molecular weight is 256 g/mol. The highest BCUT2D eigenvalue weighted by atomic mass is 35.5. The molecule has 2 aromatic heterocycles. The molecule has 16 heavy (non-hydrogen) atoms. The van der Waals surface area contributed by atoms with Gasteiger partial charge in [-0.25, -0.2) is 4.68 Å². The third-order valence-electron chi connectivity index (χ3n) is 1.99. The van der Waals surface area contributed by atoms with Gasteiger partial charge in [-0.1, -0.05) is 6.07 Å². The SMILES string of the molecule is O=C(CCl)Nc1ccnn1Cc1cccs1. The molecule has 0 spiro atoms. The summed E-state index contributed by atoms with van der Waals surface area (Å²) in [4.78, 5) is 12.3. The molecule has 6 heteroatoms. The lowest BCUT2D eigenvalue weighted by atomic mass is 10.4. The lowest BCUT2D eigenvalue weighted by Gasteiger charge is -2.06. The fraction of sp³-hybridized carbons (Fsp3) is 0.200. The summed E-state index contributed by atoms with van der Waals surface area (Å²) in [6.45, 7) is 0.655. The lowest BCUT2D eigenvalue weighted by molar-refractivity contribution is -0.114. The molecule has 2 aromatic rings. The van der Waals surface area contributed by atoms with Gasteiger partial charge in [0.1, 0.15) is 11.7 Å². The van der Waals surface area contributed by atoms with Gasteiger partial charge in [-0.3, -0.25) is 4.79 Å². The molecule has 1 N–H and O–H groups in total. The van der Waals surface area contributed by atoms with Crippen LogP contribution in [-0.2, 0) is 11.3 Å². The second-order valence-corrected chi connectivity index (χ2v) is 4.43. The van der Waals surface area contributed by atoms with E-state index in [2.05, 4.69) is 10.4 Å². The van der Waals surface area contributed by atoms with Crippen LogP contribution < -0.4 is 5.32 Å². The van der Waals surface area contributed by atoms with Gasteiger partial charge in [-0.05, 0) is 11.4 Å². The third kappa shape index (κ3) is 2.62. The van der Waals surface area contributed by atoms with Crippen LogP contribution in [0.25, 0.3) is 0 Å². The summed E-state index contributed by atoms with van der Waals surface area (Å²) in [5.41, 5.74) is 0. The van der Waals surface area contributed by atoms with E-state index in [0.29, 0.717) is 12.4 Å². The zero-order valence-electron chi connectivity index (χ0n) is 8.39. The van der Waals surface area contributed by atoms with Gasteiger partial charge in [0.15, 0.2) is 0 Å². The number of nitrogens with one attached hydrogen (secondary N) is 1. The molecule has 0 bridgehead atoms. The Morgan fingerprint density at radius 3 is 3.12 bits per heavy atom. The van der Waals surface area contributed by atoms with E-state index in [-0.39, 0.29) is 11.8 Å². The summed E-state index contributed by atoms with van der Waals surface area (Å²) in [7, 11) is 0. The van der Waals surface area contributed by atoms with E-state index in [1.54, 1.807) is 28.3 Å². The van der Waals surface area contributed by atoms with Crippen LogP contribution in [0.1, 0.15) is 4.88 Å². The Hall–Kier alpha value is -1.33. The van der Waals surface area contributed by atoms with Crippen molar-refractivity contribution in [3.8, 4) is 0 Å². The monoisotopic (exact) mass is 255 g/mol. The number of amides is 1. The van der Waals surface area contributed by atoms with Crippen LogP contribution in [0.15, 0.2) is 29.8 Å². The molecule has 0 saturated carbocycles. The predicted molar refractivity (Wildman–Crippen MR) is 65.0 cm³/mol. The summed E-state index contributed by atoms with van der Waals surface area (Å²) < 4.78 is 1.73. The summed E-state index contributed by atoms with van der Waals surface area (Å²) in [6.07, 6.45) is 1.65. The highest BCUT2D eigenvalue weighted by Gasteiger charge is 2.06. The lowest BCUT2D eigenvalue weighted by Crippen LogP contribution is -2.16. The van der Waals surface area contributed by atoms with E-state index < -0.39 is 0 Å². The van der Waals surface area contributed by atoms with Crippen molar-refractivity contribution in [3.05, 3.63) is 34.7 Å². The van der Waals surface area contributed by atoms with Crippen molar-refractivity contribution in [1.29, 1.82) is 0 Å². The number of thiophene rings is 1. The van der Waals surface area contributed by atoms with Gasteiger partial charge in [0.05, 0.1) is 12.7 Å². The molecule has 0 aliphatic rings. The number of hydrogen-bond donors (Lipinski definition) is 1. The molecule has 4 nitrogen and oxygen atoms in total. The minimum absolute atomic E-state index is 0.0514. The summed E-state index contributed by atoms with van der Waals surface area (Å²) in [6, 6.07) is 5.76. The van der Waals surface area contributed by atoms with Gasteiger partial charge in [0, 0.05) is 10.9 Å². The van der Waals surface area contributed by atoms with Gasteiger partial charge < -0.3 is 5.32 Å². The number of aromatic nitrogens is 2. The van der Waals surface area contributed by atoms with E-state index >= 15 is 0 Å². The first-order chi connectivity index (χ1) is 7.79. The Morgan fingerprint density at radius 2 is 2.44 bits per heavy atom. The minimum Gasteiger partial charge on any atom is -0.310 e. The van der Waals surface area contributed by atoms with Crippen LogP contribution in [0, 0.1) is 0 Å². The molecule has 0 fully saturated rings. The predicted octanol–water partition coefficient (Wildman–Crippen LogP) is 2.17. The highest BCUT2D eigenvalue weighted by molar-refractivity contribution is 7.09. The van der Waals surface area contributed by atoms with Gasteiger partial charge in [-0.15, -0.1) is 22.9 Å². The van der Waals surface area contributed by atoms with Crippen molar-refractivity contribution < 1.29 is 4.79 Å². The van der Waals surface area contributed by atoms with Gasteiger partial charge >= 0.3 is 0 Å². The van der Waals surface area contributed by atoms with Crippen molar-refractivity contribution >= 4 is 34.7 Å². The molecule has 2 heterocycles. The van der Waals surface area contributed by atoms with Crippen molar-refractivity contribution in [1.82, 2.24) is 9.78 Å². The second kappa shape index (κ2) is 5.14. The van der Waals surface area contributed by atoms with Crippen LogP contribution in [0.3, 0.4) is 0 Å². The quantitative estimate of drug-likeness (QED) is 0.852. The van der Waals surface area contributed by atoms with E-state index in [4.69, 9.17) is 11.6 Å². The zero-order valence-corrected chi connectivity index (χ0v) is 9.96. The standard InChI is InChI=1S/C10H10ClN3OS/c11-6-10(15)13-9-3-4-12-14(9)7-8-2-1-5-16-8/h1-5H,6-7H2,(H,13,15). The molecule has 0 unspecified atom stereocenters. The molecule has 2 rings (SSSR count). The van der Waals surface area contributed by atoms with E-state index in [9.17, 15) is 4.79 Å². The Morgan fingerprint density at radius 1 is 1.56 bits per heavy atom. The molecule has 84 valence electrons.